The van der Waals surface area contributed by atoms with Crippen LogP contribution in [0.1, 0.15) is 18.2 Å². The molecule has 2 N–H and O–H groups in total. The second kappa shape index (κ2) is 9.27. The lowest BCUT2D eigenvalue weighted by Gasteiger charge is -2.07. The molecule has 8 nitrogen and oxygen atoms in total. The molecule has 32 heavy (non-hydrogen) atoms. The van der Waals surface area contributed by atoms with Crippen LogP contribution in [-0.4, -0.2) is 36.2 Å². The molecule has 0 aliphatic rings. The van der Waals surface area contributed by atoms with Crippen LogP contribution in [0.2, 0.25) is 0 Å². The van der Waals surface area contributed by atoms with Crippen molar-refractivity contribution in [2.45, 2.75) is 25.4 Å². The van der Waals surface area contributed by atoms with Crippen LogP contribution in [0.3, 0.4) is 0 Å². The van der Waals surface area contributed by atoms with Crippen LogP contribution >= 0.6 is 11.8 Å². The number of amides is 1. The molecule has 0 spiro atoms. The van der Waals surface area contributed by atoms with Crippen molar-refractivity contribution in [2.75, 3.05) is 11.1 Å². The van der Waals surface area contributed by atoms with Gasteiger partial charge in [0.25, 0.3) is 5.56 Å². The number of carbonyl (C=O) groups excluding carboxylic acids is 1. The lowest BCUT2D eigenvalue weighted by molar-refractivity contribution is -0.113. The number of H-pyrrole nitrogens is 1. The number of aromatic nitrogens is 5. The van der Waals surface area contributed by atoms with E-state index in [0.29, 0.717) is 16.7 Å². The van der Waals surface area contributed by atoms with E-state index in [1.165, 1.54) is 22.0 Å². The van der Waals surface area contributed by atoms with Crippen LogP contribution < -0.4 is 10.9 Å². The fraction of sp³-hybridized carbons (Fsp3) is 0.217. The Bertz CT molecular complexity index is 1290. The van der Waals surface area contributed by atoms with E-state index in [9.17, 15) is 9.59 Å². The van der Waals surface area contributed by atoms with Gasteiger partial charge in [0, 0.05) is 12.6 Å². The first-order chi connectivity index (χ1) is 15.5. The fourth-order valence-corrected chi connectivity index (χ4v) is 3.95. The maximum Gasteiger partial charge on any atom is 0.295 e. The molecule has 0 saturated heterocycles. The Hall–Kier alpha value is -3.59. The molecule has 0 unspecified atom stereocenters. The lowest BCUT2D eigenvalue weighted by atomic mass is 10.1. The van der Waals surface area contributed by atoms with Crippen molar-refractivity contribution in [1.82, 2.24) is 24.5 Å². The van der Waals surface area contributed by atoms with Crippen molar-refractivity contribution in [3.8, 4) is 17.1 Å². The normalized spacial score (nSPS) is 11.0. The van der Waals surface area contributed by atoms with Gasteiger partial charge in [-0.25, -0.2) is 9.67 Å². The predicted molar refractivity (Wildman–Crippen MR) is 126 cm³/mol. The van der Waals surface area contributed by atoms with Crippen LogP contribution in [0.25, 0.3) is 17.1 Å². The van der Waals surface area contributed by atoms with E-state index in [0.717, 1.165) is 17.7 Å². The van der Waals surface area contributed by atoms with Crippen molar-refractivity contribution >= 4 is 23.4 Å². The molecule has 9 heteroatoms. The Morgan fingerprint density at radius 2 is 1.84 bits per heavy atom. The van der Waals surface area contributed by atoms with Gasteiger partial charge < -0.3 is 5.32 Å². The number of anilines is 1. The van der Waals surface area contributed by atoms with Gasteiger partial charge in [0.2, 0.25) is 11.1 Å². The molecule has 4 aromatic rings. The highest BCUT2D eigenvalue weighted by molar-refractivity contribution is 7.99. The highest BCUT2D eigenvalue weighted by Crippen LogP contribution is 2.20. The number of nitrogens with one attached hydrogen (secondary N) is 2. The number of nitrogens with zero attached hydrogens (tertiary/aromatic N) is 4. The third-order valence-corrected chi connectivity index (χ3v) is 6.10. The van der Waals surface area contributed by atoms with E-state index < -0.39 is 0 Å². The van der Waals surface area contributed by atoms with Gasteiger partial charge in [0.05, 0.1) is 17.1 Å². The van der Waals surface area contributed by atoms with Gasteiger partial charge in [-0.05, 0) is 31.0 Å². The highest BCUT2D eigenvalue weighted by atomic mass is 32.2. The van der Waals surface area contributed by atoms with Crippen molar-refractivity contribution < 1.29 is 4.79 Å². The van der Waals surface area contributed by atoms with Gasteiger partial charge in [-0.3, -0.25) is 19.4 Å². The molecule has 0 fully saturated rings. The van der Waals surface area contributed by atoms with Crippen molar-refractivity contribution in [3.05, 3.63) is 76.2 Å². The molecule has 4 rings (SSSR count). The molecule has 0 radical (unpaired) electrons. The number of rotatable bonds is 7. The number of hydrogen-bond donors (Lipinski definition) is 2. The van der Waals surface area contributed by atoms with Gasteiger partial charge in [-0.1, -0.05) is 61.2 Å². The molecule has 0 atom stereocenters. The van der Waals surface area contributed by atoms with Crippen molar-refractivity contribution in [2.24, 2.45) is 7.05 Å². The first-order valence-corrected chi connectivity index (χ1v) is 11.2. The number of carbonyl (C=O) groups is 1. The van der Waals surface area contributed by atoms with Gasteiger partial charge >= 0.3 is 0 Å². The summed E-state index contributed by atoms with van der Waals surface area (Å²) in [6.07, 6.45) is 0.976. The fourth-order valence-electron chi connectivity index (χ4n) is 3.36. The molecule has 0 aliphatic carbocycles. The Morgan fingerprint density at radius 3 is 2.53 bits per heavy atom. The zero-order chi connectivity index (χ0) is 22.7. The number of para-hydroxylation sites is 1. The van der Waals surface area contributed by atoms with Gasteiger partial charge in [-0.2, -0.15) is 0 Å². The summed E-state index contributed by atoms with van der Waals surface area (Å²) in [5.41, 5.74) is 3.60. The summed E-state index contributed by atoms with van der Waals surface area (Å²) in [5, 5.41) is 10.3. The predicted octanol–water partition coefficient (Wildman–Crippen LogP) is 3.56. The smallest absolute Gasteiger partial charge is 0.295 e. The molecule has 2 aromatic heterocycles. The molecule has 0 bridgehead atoms. The molecule has 0 saturated carbocycles. The topological polar surface area (TPSA) is 97.6 Å². The van der Waals surface area contributed by atoms with E-state index in [-0.39, 0.29) is 22.9 Å². The van der Waals surface area contributed by atoms with Gasteiger partial charge in [0.15, 0.2) is 5.82 Å². The first-order valence-electron chi connectivity index (χ1n) is 10.3. The van der Waals surface area contributed by atoms with E-state index >= 15 is 0 Å². The summed E-state index contributed by atoms with van der Waals surface area (Å²) in [6.45, 7) is 3.91. The molecule has 2 aromatic carbocycles. The summed E-state index contributed by atoms with van der Waals surface area (Å²) in [5.74, 6) is 0.449. The average Bonchev–Trinajstić information content (AvgIpc) is 3.37. The maximum atomic E-state index is 12.9. The zero-order valence-corrected chi connectivity index (χ0v) is 18.9. The highest BCUT2D eigenvalue weighted by Gasteiger charge is 2.18. The largest absolute Gasteiger partial charge is 0.319 e. The van der Waals surface area contributed by atoms with Crippen LogP contribution in [-0.2, 0) is 18.3 Å². The quantitative estimate of drug-likeness (QED) is 0.421. The monoisotopic (exact) mass is 448 g/mol. The molecule has 0 aliphatic heterocycles. The summed E-state index contributed by atoms with van der Waals surface area (Å²) in [7, 11) is 1.79. The number of thioether (sulfide) groups is 1. The number of hydrogen-bond acceptors (Lipinski definition) is 5. The van der Waals surface area contributed by atoms with E-state index in [1.54, 1.807) is 18.7 Å². The van der Waals surface area contributed by atoms with Gasteiger partial charge in [0.1, 0.15) is 5.69 Å². The molecule has 1 amide bonds. The van der Waals surface area contributed by atoms with Crippen LogP contribution in [0.15, 0.2) is 64.5 Å². The first kappa shape index (κ1) is 21.6. The second-order valence-electron chi connectivity index (χ2n) is 7.29. The summed E-state index contributed by atoms with van der Waals surface area (Å²) in [6, 6.07) is 17.4. The van der Waals surface area contributed by atoms with Crippen LogP contribution in [0, 0.1) is 6.92 Å². The molecular weight excluding hydrogens is 424 g/mol. The minimum absolute atomic E-state index is 0.0885. The lowest BCUT2D eigenvalue weighted by Crippen LogP contribution is -2.23. The van der Waals surface area contributed by atoms with E-state index in [1.807, 2.05) is 42.5 Å². The second-order valence-corrected chi connectivity index (χ2v) is 8.23. The average molecular weight is 449 g/mol. The number of aryl methyl sites for hydroxylation is 1. The molecule has 2 heterocycles. The third kappa shape index (κ3) is 4.38. The minimum atomic E-state index is -0.292. The Kier molecular flexibility index (Phi) is 6.27. The van der Waals surface area contributed by atoms with E-state index in [2.05, 4.69) is 39.6 Å². The van der Waals surface area contributed by atoms with Crippen LogP contribution in [0.5, 0.6) is 0 Å². The maximum absolute atomic E-state index is 12.9. The van der Waals surface area contributed by atoms with Crippen molar-refractivity contribution in [1.29, 1.82) is 0 Å². The van der Waals surface area contributed by atoms with Crippen molar-refractivity contribution in [3.63, 3.8) is 0 Å². The summed E-state index contributed by atoms with van der Waals surface area (Å²) < 4.78 is 3.26. The Labute approximate surface area is 189 Å². The molecule has 164 valence electrons. The van der Waals surface area contributed by atoms with Crippen LogP contribution in [0.4, 0.5) is 5.69 Å². The zero-order valence-electron chi connectivity index (χ0n) is 18.1. The summed E-state index contributed by atoms with van der Waals surface area (Å²) >= 11 is 1.21. The minimum Gasteiger partial charge on any atom is -0.319 e. The van der Waals surface area contributed by atoms with E-state index in [4.69, 9.17) is 0 Å². The SMILES string of the molecule is CCc1ccc(-c2nc(SCC(=O)Nc3c(C)n(C)n(-c4ccccc4)c3=O)n[nH]2)cc1. The Morgan fingerprint density at radius 1 is 1.12 bits per heavy atom. The Balaban J connectivity index is 1.43. The van der Waals surface area contributed by atoms with Gasteiger partial charge in [-0.15, -0.1) is 5.10 Å². The third-order valence-electron chi connectivity index (χ3n) is 5.25. The standard InChI is InChI=1S/C23H24N6O2S/c1-4-16-10-12-17(13-11-16)21-25-23(27-26-21)32-14-19(30)24-20-15(2)28(3)29(22(20)31)18-8-6-5-7-9-18/h5-13H,4,14H2,1-3H3,(H,24,30)(H,25,26,27). The number of benzene rings is 2. The number of aromatic amines is 1. The summed E-state index contributed by atoms with van der Waals surface area (Å²) in [4.78, 5) is 29.9. The molecular formula is C23H24N6O2S.